The number of rotatable bonds is 7. The Balaban J connectivity index is 2.15. The first kappa shape index (κ1) is 23.0. The van der Waals surface area contributed by atoms with E-state index in [9.17, 15) is 45.0 Å². The zero-order chi connectivity index (χ0) is 20.6. The van der Waals surface area contributed by atoms with Gasteiger partial charge in [-0.05, 0) is 0 Å². The molecular formula is C12H21O14P-2. The lowest BCUT2D eigenvalue weighted by atomic mass is 9.99. The summed E-state index contributed by atoms with van der Waals surface area (Å²) in [6.07, 6.45) is -14.1. The molecule has 160 valence electrons. The Morgan fingerprint density at radius 2 is 1.59 bits per heavy atom. The Hall–Kier alpha value is -0.290. The molecule has 0 aromatic heterocycles. The van der Waals surface area contributed by atoms with Crippen LogP contribution >= 0.6 is 7.82 Å². The van der Waals surface area contributed by atoms with Crippen LogP contribution in [-0.2, 0) is 23.3 Å². The molecule has 2 aliphatic rings. The normalized spacial score (nSPS) is 46.0. The quantitative estimate of drug-likeness (QED) is 0.189. The van der Waals surface area contributed by atoms with Crippen LogP contribution in [0.2, 0.25) is 0 Å². The Morgan fingerprint density at radius 3 is 2.11 bits per heavy atom. The lowest BCUT2D eigenvalue weighted by molar-refractivity contribution is -0.384. The van der Waals surface area contributed by atoms with Gasteiger partial charge in [0.2, 0.25) is 5.79 Å². The number of aliphatic hydroxyl groups excluding tert-OH is 7. The van der Waals surface area contributed by atoms with Crippen LogP contribution in [0.5, 0.6) is 0 Å². The zero-order valence-electron chi connectivity index (χ0n) is 13.7. The molecule has 0 amide bonds. The predicted octanol–water partition coefficient (Wildman–Crippen LogP) is -6.54. The fourth-order valence-corrected chi connectivity index (χ4v) is 3.11. The third-order valence-electron chi connectivity index (χ3n) is 4.29. The fourth-order valence-electron chi connectivity index (χ4n) is 2.78. The van der Waals surface area contributed by atoms with Crippen LogP contribution in [-0.4, -0.2) is 110 Å². The summed E-state index contributed by atoms with van der Waals surface area (Å²) >= 11 is 0. The van der Waals surface area contributed by atoms with Gasteiger partial charge in [-0.2, -0.15) is 0 Å². The van der Waals surface area contributed by atoms with E-state index in [-0.39, 0.29) is 0 Å². The number of hydrogen-bond acceptors (Lipinski definition) is 14. The van der Waals surface area contributed by atoms with E-state index < -0.39 is 82.4 Å². The first-order valence-electron chi connectivity index (χ1n) is 7.75. The summed E-state index contributed by atoms with van der Waals surface area (Å²) in [6.45, 7) is -2.91. The lowest BCUT2D eigenvalue weighted by Gasteiger charge is -2.43. The van der Waals surface area contributed by atoms with E-state index in [1.807, 2.05) is 0 Å². The molecule has 2 saturated heterocycles. The lowest BCUT2D eigenvalue weighted by Crippen LogP contribution is -2.62. The summed E-state index contributed by atoms with van der Waals surface area (Å²) in [4.78, 5) is 21.1. The van der Waals surface area contributed by atoms with Crippen LogP contribution < -0.4 is 9.79 Å². The molecular weight excluding hydrogens is 399 g/mol. The van der Waals surface area contributed by atoms with Gasteiger partial charge in [-0.1, -0.05) is 0 Å². The van der Waals surface area contributed by atoms with Crippen molar-refractivity contribution in [3.8, 4) is 0 Å². The molecule has 9 atom stereocenters. The topological polar surface area (TPSA) is 242 Å². The van der Waals surface area contributed by atoms with Crippen molar-refractivity contribution in [2.45, 2.75) is 54.8 Å². The van der Waals surface area contributed by atoms with E-state index in [0.29, 0.717) is 0 Å². The molecule has 2 aliphatic heterocycles. The van der Waals surface area contributed by atoms with Gasteiger partial charge in [0.1, 0.15) is 49.3 Å². The molecule has 0 bridgehead atoms. The van der Waals surface area contributed by atoms with Crippen LogP contribution in [0, 0.1) is 0 Å². The van der Waals surface area contributed by atoms with Gasteiger partial charge in [0, 0.05) is 0 Å². The summed E-state index contributed by atoms with van der Waals surface area (Å²) in [5.74, 6) is -2.46. The summed E-state index contributed by atoms with van der Waals surface area (Å²) < 4.78 is 29.9. The molecule has 0 saturated carbocycles. The van der Waals surface area contributed by atoms with Crippen molar-refractivity contribution in [1.82, 2.24) is 0 Å². The third-order valence-corrected chi connectivity index (χ3v) is 4.75. The molecule has 2 rings (SSSR count). The highest BCUT2D eigenvalue weighted by Crippen LogP contribution is 2.37. The summed E-state index contributed by atoms with van der Waals surface area (Å²) in [7, 11) is -5.42. The zero-order valence-corrected chi connectivity index (χ0v) is 14.6. The predicted molar refractivity (Wildman–Crippen MR) is 75.1 cm³/mol. The average molecular weight is 420 g/mol. The molecule has 0 unspecified atom stereocenters. The monoisotopic (exact) mass is 420 g/mol. The number of phosphoric ester groups is 1. The number of hydrogen-bond donors (Lipinski definition) is 7. The molecule has 0 radical (unpaired) electrons. The summed E-state index contributed by atoms with van der Waals surface area (Å²) in [6, 6.07) is 0. The molecule has 0 spiro atoms. The number of aliphatic hydroxyl groups is 7. The first-order valence-corrected chi connectivity index (χ1v) is 9.21. The summed E-state index contributed by atoms with van der Waals surface area (Å²) in [5.41, 5.74) is 0. The minimum absolute atomic E-state index is 0.776. The van der Waals surface area contributed by atoms with Crippen molar-refractivity contribution in [1.29, 1.82) is 0 Å². The second-order valence-electron chi connectivity index (χ2n) is 6.12. The van der Waals surface area contributed by atoms with Gasteiger partial charge in [0.25, 0.3) is 0 Å². The maximum Gasteiger partial charge on any atom is 0.224 e. The number of ether oxygens (including phenoxy) is 3. The van der Waals surface area contributed by atoms with Gasteiger partial charge >= 0.3 is 0 Å². The van der Waals surface area contributed by atoms with E-state index >= 15 is 0 Å². The van der Waals surface area contributed by atoms with Gasteiger partial charge in [0.05, 0.1) is 21.0 Å². The molecule has 0 aromatic rings. The highest BCUT2D eigenvalue weighted by molar-refractivity contribution is 7.43. The van der Waals surface area contributed by atoms with Crippen LogP contribution in [0.3, 0.4) is 0 Å². The van der Waals surface area contributed by atoms with Crippen molar-refractivity contribution in [3.63, 3.8) is 0 Å². The van der Waals surface area contributed by atoms with Gasteiger partial charge in [0.15, 0.2) is 6.29 Å². The minimum Gasteiger partial charge on any atom is -0.790 e. The van der Waals surface area contributed by atoms with Gasteiger partial charge in [-0.3, -0.25) is 0 Å². The molecule has 2 fully saturated rings. The fraction of sp³-hybridized carbons (Fsp3) is 1.00. The molecule has 14 nitrogen and oxygen atoms in total. The highest BCUT2D eigenvalue weighted by atomic mass is 31.2. The Labute approximate surface area is 152 Å². The second-order valence-corrected chi connectivity index (χ2v) is 7.27. The van der Waals surface area contributed by atoms with Gasteiger partial charge in [-0.15, -0.1) is 0 Å². The van der Waals surface area contributed by atoms with E-state index in [0.717, 1.165) is 0 Å². The highest BCUT2D eigenvalue weighted by Gasteiger charge is 2.58. The van der Waals surface area contributed by atoms with Crippen LogP contribution in [0.15, 0.2) is 0 Å². The Morgan fingerprint density at radius 1 is 0.963 bits per heavy atom. The molecule has 7 N–H and O–H groups in total. The van der Waals surface area contributed by atoms with Crippen molar-refractivity contribution < 1.29 is 68.8 Å². The van der Waals surface area contributed by atoms with E-state index in [1.54, 1.807) is 0 Å². The van der Waals surface area contributed by atoms with Crippen molar-refractivity contribution in [2.24, 2.45) is 0 Å². The molecule has 0 aromatic carbocycles. The minimum atomic E-state index is -5.42. The largest absolute Gasteiger partial charge is 0.790 e. The summed E-state index contributed by atoms with van der Waals surface area (Å²) in [5, 5.41) is 68.2. The van der Waals surface area contributed by atoms with Crippen LogP contribution in [0.25, 0.3) is 0 Å². The first-order chi connectivity index (χ1) is 12.5. The van der Waals surface area contributed by atoms with Gasteiger partial charge in [-0.25, -0.2) is 0 Å². The Kier molecular flexibility index (Phi) is 7.33. The van der Waals surface area contributed by atoms with Gasteiger partial charge < -0.3 is 68.8 Å². The molecule has 2 heterocycles. The smallest absolute Gasteiger partial charge is 0.224 e. The number of phosphoric acid groups is 1. The maximum atomic E-state index is 10.5. The van der Waals surface area contributed by atoms with Crippen molar-refractivity contribution in [2.75, 3.05) is 19.8 Å². The van der Waals surface area contributed by atoms with E-state index in [2.05, 4.69) is 4.52 Å². The third kappa shape index (κ3) is 4.83. The maximum absolute atomic E-state index is 10.5. The SMILES string of the molecule is O=P([O-])([O-])OC[C@H]1O[C@@](CO)(O[C@H]2O[C@H](CO)[C@@H](O)[C@H](O)[C@@H]2O)[C@@H](O)[C@@H]1O. The second kappa shape index (κ2) is 8.61. The average Bonchev–Trinajstić information content (AvgIpc) is 2.85. The molecule has 0 aliphatic carbocycles. The Bertz CT molecular complexity index is 540. The van der Waals surface area contributed by atoms with E-state index in [4.69, 9.17) is 19.3 Å². The van der Waals surface area contributed by atoms with Crippen LogP contribution in [0.4, 0.5) is 0 Å². The van der Waals surface area contributed by atoms with Crippen LogP contribution in [0.1, 0.15) is 0 Å². The standard InChI is InChI=1S/C12H23O14P/c13-1-4-6(15)8(17)9(18)11(24-4)26-12(3-14)10(19)7(16)5(25-12)2-23-27(20,21)22/h4-11,13-19H,1-3H2,(H2,20,21,22)/p-2/t4-,5-,6-,7-,8+,9+,10+,11-,12+/m1/s1. The molecule has 27 heavy (non-hydrogen) atoms. The van der Waals surface area contributed by atoms with Crippen molar-refractivity contribution in [3.05, 3.63) is 0 Å². The van der Waals surface area contributed by atoms with Crippen molar-refractivity contribution >= 4 is 7.82 Å². The van der Waals surface area contributed by atoms with E-state index in [1.165, 1.54) is 0 Å². The molecule has 15 heteroatoms.